The summed E-state index contributed by atoms with van der Waals surface area (Å²) in [5, 5.41) is 3.44. The molecule has 0 saturated carbocycles. The van der Waals surface area contributed by atoms with Gasteiger partial charge in [0, 0.05) is 5.02 Å². The fourth-order valence-electron chi connectivity index (χ4n) is 1.97. The van der Waals surface area contributed by atoms with Gasteiger partial charge in [0.05, 0.1) is 26.7 Å². The van der Waals surface area contributed by atoms with Gasteiger partial charge in [0.15, 0.2) is 11.5 Å². The van der Waals surface area contributed by atoms with Gasteiger partial charge in [0.1, 0.15) is 12.4 Å². The lowest BCUT2D eigenvalue weighted by Gasteiger charge is -2.10. The van der Waals surface area contributed by atoms with Crippen molar-refractivity contribution in [1.29, 1.82) is 0 Å². The van der Waals surface area contributed by atoms with Crippen molar-refractivity contribution in [1.82, 2.24) is 5.32 Å². The van der Waals surface area contributed by atoms with Crippen LogP contribution in [0.25, 0.3) is 0 Å². The Labute approximate surface area is 146 Å². The van der Waals surface area contributed by atoms with Crippen molar-refractivity contribution in [3.63, 3.8) is 0 Å². The maximum atomic E-state index is 11.7. The molecular weight excluding hydrogens is 330 g/mol. The third-order valence-corrected chi connectivity index (χ3v) is 3.41. The van der Waals surface area contributed by atoms with E-state index in [2.05, 4.69) is 5.32 Å². The number of hydrogen-bond donors (Lipinski definition) is 1. The summed E-state index contributed by atoms with van der Waals surface area (Å²) in [5.74, 6) is 1.89. The number of ether oxygens (including phenoxy) is 3. The van der Waals surface area contributed by atoms with E-state index in [9.17, 15) is 4.79 Å². The highest BCUT2D eigenvalue weighted by Gasteiger charge is 2.05. The summed E-state index contributed by atoms with van der Waals surface area (Å²) in [6, 6.07) is 14.4. The van der Waals surface area contributed by atoms with Crippen LogP contribution in [-0.4, -0.2) is 32.8 Å². The zero-order valence-electron chi connectivity index (χ0n) is 13.5. The largest absolute Gasteiger partial charge is 0.493 e. The SMILES string of the molecule is COc1ccccc1OCCC(=O)NCCOc1ccc(Cl)cc1. The number of para-hydroxylation sites is 2. The van der Waals surface area contributed by atoms with E-state index in [4.69, 9.17) is 25.8 Å². The molecule has 0 saturated heterocycles. The molecule has 0 aliphatic heterocycles. The first kappa shape index (κ1) is 17.9. The van der Waals surface area contributed by atoms with Crippen molar-refractivity contribution in [3.8, 4) is 17.2 Å². The molecule has 0 heterocycles. The third kappa shape index (κ3) is 6.01. The van der Waals surface area contributed by atoms with Gasteiger partial charge in [0.2, 0.25) is 5.91 Å². The molecule has 0 spiro atoms. The van der Waals surface area contributed by atoms with Crippen molar-refractivity contribution < 1.29 is 19.0 Å². The van der Waals surface area contributed by atoms with Gasteiger partial charge in [-0.05, 0) is 36.4 Å². The molecular formula is C18H20ClNO4. The number of rotatable bonds is 9. The lowest BCUT2D eigenvalue weighted by Crippen LogP contribution is -2.29. The molecule has 0 radical (unpaired) electrons. The van der Waals surface area contributed by atoms with Crippen LogP contribution >= 0.6 is 11.6 Å². The van der Waals surface area contributed by atoms with Crippen LogP contribution in [-0.2, 0) is 4.79 Å². The van der Waals surface area contributed by atoms with Crippen LogP contribution in [0.2, 0.25) is 5.02 Å². The molecule has 2 aromatic carbocycles. The van der Waals surface area contributed by atoms with Gasteiger partial charge >= 0.3 is 0 Å². The van der Waals surface area contributed by atoms with E-state index in [1.165, 1.54) is 0 Å². The van der Waals surface area contributed by atoms with E-state index in [0.717, 1.165) is 0 Å². The lowest BCUT2D eigenvalue weighted by atomic mass is 10.3. The maximum absolute atomic E-state index is 11.7. The summed E-state index contributed by atoms with van der Waals surface area (Å²) in [6.07, 6.45) is 0.263. The minimum Gasteiger partial charge on any atom is -0.493 e. The molecule has 0 bridgehead atoms. The minimum atomic E-state index is -0.0930. The first-order valence-electron chi connectivity index (χ1n) is 7.60. The van der Waals surface area contributed by atoms with Crippen molar-refractivity contribution in [2.24, 2.45) is 0 Å². The average Bonchev–Trinajstić information content (AvgIpc) is 2.60. The normalized spacial score (nSPS) is 10.1. The monoisotopic (exact) mass is 349 g/mol. The molecule has 128 valence electrons. The summed E-state index contributed by atoms with van der Waals surface area (Å²) >= 11 is 5.79. The number of carbonyl (C=O) groups is 1. The fourth-order valence-corrected chi connectivity index (χ4v) is 2.10. The number of halogens is 1. The molecule has 0 aliphatic rings. The van der Waals surface area contributed by atoms with Crippen LogP contribution < -0.4 is 19.5 Å². The van der Waals surface area contributed by atoms with Crippen LogP contribution in [0.15, 0.2) is 48.5 Å². The van der Waals surface area contributed by atoms with Crippen molar-refractivity contribution in [2.75, 3.05) is 26.9 Å². The predicted molar refractivity (Wildman–Crippen MR) is 93.1 cm³/mol. The Morgan fingerprint density at radius 2 is 1.71 bits per heavy atom. The molecule has 1 N–H and O–H groups in total. The molecule has 0 aromatic heterocycles. The summed E-state index contributed by atoms with van der Waals surface area (Å²) in [5.41, 5.74) is 0. The smallest absolute Gasteiger partial charge is 0.223 e. The van der Waals surface area contributed by atoms with Crippen LogP contribution in [0.1, 0.15) is 6.42 Å². The Morgan fingerprint density at radius 1 is 1.00 bits per heavy atom. The number of benzene rings is 2. The summed E-state index contributed by atoms with van der Waals surface area (Å²) in [7, 11) is 1.58. The Bertz CT molecular complexity index is 646. The Morgan fingerprint density at radius 3 is 2.42 bits per heavy atom. The first-order valence-corrected chi connectivity index (χ1v) is 7.97. The Kier molecular flexibility index (Phi) is 7.23. The Balaban J connectivity index is 1.60. The standard InChI is InChI=1S/C18H20ClNO4/c1-22-16-4-2-3-5-17(16)24-12-10-18(21)20-11-13-23-15-8-6-14(19)7-9-15/h2-9H,10-13H2,1H3,(H,20,21). The number of amides is 1. The average molecular weight is 350 g/mol. The third-order valence-electron chi connectivity index (χ3n) is 3.16. The molecule has 0 aliphatic carbocycles. The van der Waals surface area contributed by atoms with E-state index in [0.29, 0.717) is 35.4 Å². The molecule has 1 amide bonds. The van der Waals surface area contributed by atoms with E-state index < -0.39 is 0 Å². The quantitative estimate of drug-likeness (QED) is 0.706. The zero-order valence-corrected chi connectivity index (χ0v) is 14.2. The van der Waals surface area contributed by atoms with E-state index >= 15 is 0 Å². The second-order valence-corrected chi connectivity index (χ2v) is 5.34. The number of nitrogens with one attached hydrogen (secondary N) is 1. The minimum absolute atomic E-state index is 0.0930. The van der Waals surface area contributed by atoms with E-state index in [-0.39, 0.29) is 18.9 Å². The summed E-state index contributed by atoms with van der Waals surface area (Å²) in [4.78, 5) is 11.7. The highest BCUT2D eigenvalue weighted by Crippen LogP contribution is 2.25. The number of methoxy groups -OCH3 is 1. The maximum Gasteiger partial charge on any atom is 0.223 e. The van der Waals surface area contributed by atoms with Crippen LogP contribution in [0, 0.1) is 0 Å². The fraction of sp³-hybridized carbons (Fsp3) is 0.278. The highest BCUT2D eigenvalue weighted by atomic mass is 35.5. The predicted octanol–water partition coefficient (Wildman–Crippen LogP) is 3.31. The van der Waals surface area contributed by atoms with Gasteiger partial charge in [-0.25, -0.2) is 0 Å². The van der Waals surface area contributed by atoms with E-state index in [1.807, 2.05) is 18.2 Å². The second-order valence-electron chi connectivity index (χ2n) is 4.90. The molecule has 24 heavy (non-hydrogen) atoms. The van der Waals surface area contributed by atoms with Crippen molar-refractivity contribution in [2.45, 2.75) is 6.42 Å². The van der Waals surface area contributed by atoms with Gasteiger partial charge < -0.3 is 19.5 Å². The molecule has 2 aromatic rings. The first-order chi connectivity index (χ1) is 11.7. The molecule has 6 heteroatoms. The molecule has 0 fully saturated rings. The highest BCUT2D eigenvalue weighted by molar-refractivity contribution is 6.30. The van der Waals surface area contributed by atoms with Crippen molar-refractivity contribution in [3.05, 3.63) is 53.6 Å². The second kappa shape index (κ2) is 9.67. The van der Waals surface area contributed by atoms with Crippen LogP contribution in [0.3, 0.4) is 0 Å². The van der Waals surface area contributed by atoms with Crippen LogP contribution in [0.5, 0.6) is 17.2 Å². The topological polar surface area (TPSA) is 56.8 Å². The van der Waals surface area contributed by atoms with Gasteiger partial charge in [-0.15, -0.1) is 0 Å². The molecule has 0 atom stereocenters. The Hall–Kier alpha value is -2.40. The van der Waals surface area contributed by atoms with Gasteiger partial charge in [-0.2, -0.15) is 0 Å². The molecule has 2 rings (SSSR count). The summed E-state index contributed by atoms with van der Waals surface area (Å²) < 4.78 is 16.2. The number of hydrogen-bond acceptors (Lipinski definition) is 4. The molecule has 0 unspecified atom stereocenters. The number of carbonyl (C=O) groups excluding carboxylic acids is 1. The zero-order chi connectivity index (χ0) is 17.2. The van der Waals surface area contributed by atoms with Gasteiger partial charge in [-0.1, -0.05) is 23.7 Å². The summed E-state index contributed by atoms with van der Waals surface area (Å²) in [6.45, 7) is 1.10. The van der Waals surface area contributed by atoms with E-state index in [1.54, 1.807) is 37.4 Å². The lowest BCUT2D eigenvalue weighted by molar-refractivity contribution is -0.121. The van der Waals surface area contributed by atoms with Crippen LogP contribution in [0.4, 0.5) is 0 Å². The van der Waals surface area contributed by atoms with Gasteiger partial charge in [-0.3, -0.25) is 4.79 Å². The molecule has 5 nitrogen and oxygen atoms in total. The van der Waals surface area contributed by atoms with Crippen molar-refractivity contribution >= 4 is 17.5 Å². The van der Waals surface area contributed by atoms with Gasteiger partial charge in [0.25, 0.3) is 0 Å².